The predicted octanol–water partition coefficient (Wildman–Crippen LogP) is 3.41. The molecule has 0 aliphatic rings. The highest BCUT2D eigenvalue weighted by atomic mass is 32.1. The molecule has 0 saturated heterocycles. The Bertz CT molecular complexity index is 748. The van der Waals surface area contributed by atoms with E-state index in [9.17, 15) is 0 Å². The van der Waals surface area contributed by atoms with Gasteiger partial charge in [0.2, 0.25) is 0 Å². The fraction of sp³-hybridized carbons (Fsp3) is 0.214. The normalized spacial score (nSPS) is 10.9. The zero-order valence-electron chi connectivity index (χ0n) is 11.1. The van der Waals surface area contributed by atoms with E-state index in [1.54, 1.807) is 17.5 Å². The van der Waals surface area contributed by atoms with Crippen molar-refractivity contribution in [2.45, 2.75) is 13.8 Å². The third kappa shape index (κ3) is 2.06. The lowest BCUT2D eigenvalue weighted by molar-refractivity contribution is 1.16. The molecule has 96 valence electrons. The number of nitrogens with one attached hydrogen (secondary N) is 1. The molecule has 0 unspecified atom stereocenters. The molecular weight excluding hydrogens is 256 g/mol. The van der Waals surface area contributed by atoms with Gasteiger partial charge < -0.3 is 5.32 Å². The van der Waals surface area contributed by atoms with Crippen molar-refractivity contribution in [1.29, 1.82) is 0 Å². The minimum absolute atomic E-state index is 0.678. The summed E-state index contributed by atoms with van der Waals surface area (Å²) in [5.41, 5.74) is 1.92. The number of nitrogens with zero attached hydrogens (tertiary/aromatic N) is 3. The molecule has 0 spiro atoms. The Balaban J connectivity index is 2.28. The molecule has 0 bridgehead atoms. The largest absolute Gasteiger partial charge is 0.372 e. The maximum Gasteiger partial charge on any atom is 0.181 e. The number of anilines is 1. The molecule has 0 saturated carbocycles. The van der Waals surface area contributed by atoms with Crippen molar-refractivity contribution in [3.8, 4) is 11.5 Å². The highest BCUT2D eigenvalue weighted by Crippen LogP contribution is 2.30. The molecule has 19 heavy (non-hydrogen) atoms. The molecule has 0 radical (unpaired) electrons. The van der Waals surface area contributed by atoms with Crippen molar-refractivity contribution in [3.63, 3.8) is 0 Å². The van der Waals surface area contributed by atoms with Gasteiger partial charge in [0.25, 0.3) is 0 Å². The van der Waals surface area contributed by atoms with Gasteiger partial charge in [-0.3, -0.25) is 4.98 Å². The summed E-state index contributed by atoms with van der Waals surface area (Å²) in [5, 5.41) is 4.21. The van der Waals surface area contributed by atoms with Crippen molar-refractivity contribution in [2.75, 3.05) is 12.4 Å². The summed E-state index contributed by atoms with van der Waals surface area (Å²) in [6.07, 6.45) is 1.77. The van der Waals surface area contributed by atoms with Crippen molar-refractivity contribution >= 4 is 27.4 Å². The Hall–Kier alpha value is -2.01. The molecule has 5 heteroatoms. The van der Waals surface area contributed by atoms with Crippen LogP contribution in [0.15, 0.2) is 24.4 Å². The summed E-state index contributed by atoms with van der Waals surface area (Å²) in [6.45, 7) is 4.10. The van der Waals surface area contributed by atoms with Crippen LogP contribution in [0.4, 0.5) is 5.82 Å². The van der Waals surface area contributed by atoms with E-state index in [1.165, 1.54) is 4.88 Å². The third-order valence-corrected chi connectivity index (χ3v) is 3.92. The molecule has 0 atom stereocenters. The van der Waals surface area contributed by atoms with Gasteiger partial charge in [-0.15, -0.1) is 11.3 Å². The number of thiophene rings is 1. The maximum atomic E-state index is 4.64. The molecule has 1 N–H and O–H groups in total. The third-order valence-electron chi connectivity index (χ3n) is 2.97. The first kappa shape index (κ1) is 12.0. The molecule has 3 heterocycles. The highest BCUT2D eigenvalue weighted by Gasteiger charge is 2.12. The summed E-state index contributed by atoms with van der Waals surface area (Å²) < 4.78 is 0. The van der Waals surface area contributed by atoms with Crippen LogP contribution in [-0.4, -0.2) is 22.0 Å². The van der Waals surface area contributed by atoms with Crippen LogP contribution in [0.1, 0.15) is 10.4 Å². The van der Waals surface area contributed by atoms with E-state index in [1.807, 2.05) is 26.1 Å². The number of rotatable bonds is 2. The van der Waals surface area contributed by atoms with Gasteiger partial charge in [-0.05, 0) is 31.5 Å². The molecule has 0 aliphatic heterocycles. The van der Waals surface area contributed by atoms with Crippen molar-refractivity contribution < 1.29 is 0 Å². The molecule has 0 fully saturated rings. The van der Waals surface area contributed by atoms with E-state index in [0.717, 1.165) is 27.3 Å². The second-order valence-corrected chi connectivity index (χ2v) is 5.63. The average Bonchev–Trinajstić information content (AvgIpc) is 2.78. The second-order valence-electron chi connectivity index (χ2n) is 4.39. The molecule has 3 rings (SSSR count). The van der Waals surface area contributed by atoms with Gasteiger partial charge in [0, 0.05) is 18.1 Å². The maximum absolute atomic E-state index is 4.64. The highest BCUT2D eigenvalue weighted by molar-refractivity contribution is 7.18. The van der Waals surface area contributed by atoms with Crippen LogP contribution in [0.3, 0.4) is 0 Å². The number of hydrogen-bond donors (Lipinski definition) is 1. The van der Waals surface area contributed by atoms with Crippen molar-refractivity contribution in [1.82, 2.24) is 15.0 Å². The van der Waals surface area contributed by atoms with Gasteiger partial charge in [0.05, 0.1) is 5.39 Å². The second kappa shape index (κ2) is 4.59. The first-order valence-corrected chi connectivity index (χ1v) is 6.88. The minimum Gasteiger partial charge on any atom is -0.372 e. The average molecular weight is 270 g/mol. The monoisotopic (exact) mass is 270 g/mol. The smallest absolute Gasteiger partial charge is 0.181 e. The Morgan fingerprint density at radius 3 is 2.79 bits per heavy atom. The van der Waals surface area contributed by atoms with Gasteiger partial charge in [0.15, 0.2) is 5.82 Å². The summed E-state index contributed by atoms with van der Waals surface area (Å²) >= 11 is 1.68. The lowest BCUT2D eigenvalue weighted by atomic mass is 10.2. The first-order valence-electron chi connectivity index (χ1n) is 6.07. The van der Waals surface area contributed by atoms with Gasteiger partial charge in [-0.2, -0.15) is 0 Å². The van der Waals surface area contributed by atoms with E-state index in [2.05, 4.69) is 33.3 Å². The first-order chi connectivity index (χ1) is 9.19. The molecule has 4 nitrogen and oxygen atoms in total. The zero-order chi connectivity index (χ0) is 13.4. The van der Waals surface area contributed by atoms with Gasteiger partial charge in [-0.1, -0.05) is 6.07 Å². The number of aryl methyl sites for hydroxylation is 2. The van der Waals surface area contributed by atoms with Crippen LogP contribution in [0.2, 0.25) is 0 Å². The molecule has 3 aromatic heterocycles. The molecule has 3 aromatic rings. The Kier molecular flexibility index (Phi) is 2.91. The Morgan fingerprint density at radius 1 is 1.21 bits per heavy atom. The zero-order valence-corrected chi connectivity index (χ0v) is 11.9. The Morgan fingerprint density at radius 2 is 2.05 bits per heavy atom. The fourth-order valence-electron chi connectivity index (χ4n) is 2.06. The summed E-state index contributed by atoms with van der Waals surface area (Å²) in [7, 11) is 1.88. The van der Waals surface area contributed by atoms with Crippen LogP contribution in [0.5, 0.6) is 0 Å². The SMILES string of the molecule is CNc1nc(-c2ncccc2C)nc2sc(C)cc12. The fourth-order valence-corrected chi connectivity index (χ4v) is 2.94. The number of aromatic nitrogens is 3. The van der Waals surface area contributed by atoms with Crippen LogP contribution < -0.4 is 5.32 Å². The van der Waals surface area contributed by atoms with Crippen LogP contribution in [-0.2, 0) is 0 Å². The van der Waals surface area contributed by atoms with Gasteiger partial charge in [-0.25, -0.2) is 9.97 Å². The summed E-state index contributed by atoms with van der Waals surface area (Å²) in [6, 6.07) is 6.06. The van der Waals surface area contributed by atoms with Gasteiger partial charge >= 0.3 is 0 Å². The summed E-state index contributed by atoms with van der Waals surface area (Å²) in [4.78, 5) is 15.8. The molecular formula is C14H14N4S. The number of hydrogen-bond acceptors (Lipinski definition) is 5. The van der Waals surface area contributed by atoms with Crippen molar-refractivity contribution in [2.24, 2.45) is 0 Å². The van der Waals surface area contributed by atoms with Crippen LogP contribution >= 0.6 is 11.3 Å². The van der Waals surface area contributed by atoms with E-state index in [0.29, 0.717) is 5.82 Å². The lowest BCUT2D eigenvalue weighted by Gasteiger charge is -2.06. The van der Waals surface area contributed by atoms with E-state index < -0.39 is 0 Å². The number of fused-ring (bicyclic) bond motifs is 1. The molecule has 0 amide bonds. The van der Waals surface area contributed by atoms with Gasteiger partial charge in [0.1, 0.15) is 16.3 Å². The van der Waals surface area contributed by atoms with E-state index in [-0.39, 0.29) is 0 Å². The van der Waals surface area contributed by atoms with E-state index >= 15 is 0 Å². The van der Waals surface area contributed by atoms with E-state index in [4.69, 9.17) is 0 Å². The van der Waals surface area contributed by atoms with Crippen LogP contribution in [0, 0.1) is 13.8 Å². The predicted molar refractivity (Wildman–Crippen MR) is 79.7 cm³/mol. The Labute approximate surface area is 115 Å². The molecule has 0 aliphatic carbocycles. The quantitative estimate of drug-likeness (QED) is 0.775. The molecule has 0 aromatic carbocycles. The standard InChI is InChI=1S/C14H14N4S/c1-8-5-4-6-16-11(8)13-17-12(15-3)10-7-9(2)19-14(10)18-13/h4-7H,1-3H3,(H,15,17,18). The topological polar surface area (TPSA) is 50.7 Å². The number of pyridine rings is 1. The lowest BCUT2D eigenvalue weighted by Crippen LogP contribution is -1.99. The van der Waals surface area contributed by atoms with Crippen LogP contribution in [0.25, 0.3) is 21.7 Å². The summed E-state index contributed by atoms with van der Waals surface area (Å²) in [5.74, 6) is 1.53. The van der Waals surface area contributed by atoms with Crippen molar-refractivity contribution in [3.05, 3.63) is 34.8 Å². The minimum atomic E-state index is 0.678.